The molecule has 1 aromatic carbocycles. The van der Waals surface area contributed by atoms with Gasteiger partial charge in [-0.1, -0.05) is 19.4 Å². The van der Waals surface area contributed by atoms with Crippen LogP contribution in [0.5, 0.6) is 5.75 Å². The maximum absolute atomic E-state index is 13.8. The van der Waals surface area contributed by atoms with Crippen LogP contribution < -0.4 is 11.5 Å². The van der Waals surface area contributed by atoms with Gasteiger partial charge in [0.25, 0.3) is 0 Å². The van der Waals surface area contributed by atoms with Gasteiger partial charge in [-0.05, 0) is 56.8 Å². The van der Waals surface area contributed by atoms with E-state index >= 15 is 0 Å². The van der Waals surface area contributed by atoms with Gasteiger partial charge in [-0.25, -0.2) is 0 Å². The number of nitrogens with two attached hydrogens (primary N) is 2. The van der Waals surface area contributed by atoms with E-state index in [0.29, 0.717) is 17.5 Å². The quantitative estimate of drug-likeness (QED) is 0.381. The fourth-order valence-corrected chi connectivity index (χ4v) is 6.56. The van der Waals surface area contributed by atoms with E-state index in [0.717, 1.165) is 18.4 Å². The van der Waals surface area contributed by atoms with Gasteiger partial charge in [-0.3, -0.25) is 28.9 Å². The van der Waals surface area contributed by atoms with E-state index < -0.39 is 64.4 Å². The number of hydrogen-bond donors (Lipinski definition) is 4. The molecule has 1 amide bonds. The average molecular weight is 500 g/mol. The SMILES string of the molecule is CCCCc1cc(CN)c(O)c2c1C[C@H]1C[C@H]3[C@H](N(C)C)C(=O)C(C(N)=O)C(=O)[C@@]3(O)C(=O)C1C2=O. The Labute approximate surface area is 209 Å². The van der Waals surface area contributed by atoms with Crippen LogP contribution in [0.1, 0.15) is 53.2 Å². The van der Waals surface area contributed by atoms with Gasteiger partial charge in [0.15, 0.2) is 34.7 Å². The van der Waals surface area contributed by atoms with Crippen molar-refractivity contribution >= 4 is 29.0 Å². The number of likely N-dealkylation sites (N-methyl/N-ethyl adjacent to an activating group) is 1. The third-order valence-electron chi connectivity index (χ3n) is 8.25. The van der Waals surface area contributed by atoms with Gasteiger partial charge < -0.3 is 21.7 Å². The summed E-state index contributed by atoms with van der Waals surface area (Å²) in [6, 6.07) is 0.686. The zero-order valence-electron chi connectivity index (χ0n) is 20.7. The molecular weight excluding hydrogens is 466 g/mol. The molecule has 3 aliphatic carbocycles. The second-order valence-electron chi connectivity index (χ2n) is 10.5. The Kier molecular flexibility index (Phi) is 6.65. The van der Waals surface area contributed by atoms with Crippen molar-refractivity contribution in [2.24, 2.45) is 35.1 Å². The smallest absolute Gasteiger partial charge is 0.235 e. The molecule has 6 N–H and O–H groups in total. The number of primary amides is 1. The Bertz CT molecular complexity index is 1180. The second kappa shape index (κ2) is 9.17. The van der Waals surface area contributed by atoms with Crippen LogP contribution in [0, 0.1) is 23.7 Å². The Hall–Kier alpha value is -2.95. The van der Waals surface area contributed by atoms with Crippen LogP contribution in [0.3, 0.4) is 0 Å². The van der Waals surface area contributed by atoms with Crippen LogP contribution in [-0.4, -0.2) is 69.9 Å². The summed E-state index contributed by atoms with van der Waals surface area (Å²) in [5.41, 5.74) is 10.3. The predicted molar refractivity (Wildman–Crippen MR) is 128 cm³/mol. The minimum absolute atomic E-state index is 0.00895. The van der Waals surface area contributed by atoms with Crippen molar-refractivity contribution in [1.29, 1.82) is 0 Å². The van der Waals surface area contributed by atoms with Crippen molar-refractivity contribution in [2.45, 2.75) is 57.2 Å². The summed E-state index contributed by atoms with van der Waals surface area (Å²) in [4.78, 5) is 67.6. The van der Waals surface area contributed by atoms with Crippen molar-refractivity contribution in [1.82, 2.24) is 4.90 Å². The lowest BCUT2D eigenvalue weighted by Gasteiger charge is -2.52. The Morgan fingerprint density at radius 3 is 2.39 bits per heavy atom. The van der Waals surface area contributed by atoms with E-state index in [2.05, 4.69) is 0 Å². The topological polar surface area (TPSA) is 181 Å². The summed E-state index contributed by atoms with van der Waals surface area (Å²) in [6.45, 7) is 2.03. The van der Waals surface area contributed by atoms with E-state index in [1.807, 2.05) is 6.92 Å². The lowest BCUT2D eigenvalue weighted by Crippen LogP contribution is -2.74. The van der Waals surface area contributed by atoms with Crippen LogP contribution in [0.25, 0.3) is 0 Å². The maximum atomic E-state index is 13.8. The molecule has 2 fully saturated rings. The van der Waals surface area contributed by atoms with Crippen LogP contribution in [0.15, 0.2) is 6.07 Å². The maximum Gasteiger partial charge on any atom is 0.235 e. The molecule has 0 aromatic heterocycles. The molecule has 2 saturated carbocycles. The van der Waals surface area contributed by atoms with Crippen LogP contribution >= 0.6 is 0 Å². The number of Topliss-reactive ketones (excluding diaryl/α,β-unsaturated/α-hetero) is 4. The number of phenols is 1. The first kappa shape index (κ1) is 26.1. The molecule has 3 aliphatic rings. The monoisotopic (exact) mass is 499 g/mol. The molecule has 36 heavy (non-hydrogen) atoms. The number of phenolic OH excluding ortho intramolecular Hbond substituents is 1. The zero-order chi connectivity index (χ0) is 26.7. The summed E-state index contributed by atoms with van der Waals surface area (Å²) in [6.07, 6.45) is 2.73. The number of aliphatic hydroxyl groups is 1. The van der Waals surface area contributed by atoms with Gasteiger partial charge >= 0.3 is 0 Å². The van der Waals surface area contributed by atoms with Crippen molar-refractivity contribution in [3.8, 4) is 5.75 Å². The lowest BCUT2D eigenvalue weighted by molar-refractivity contribution is -0.181. The first-order valence-electron chi connectivity index (χ1n) is 12.3. The fourth-order valence-electron chi connectivity index (χ4n) is 6.56. The minimum atomic E-state index is -2.72. The summed E-state index contributed by atoms with van der Waals surface area (Å²) in [7, 11) is 3.12. The highest BCUT2D eigenvalue weighted by Crippen LogP contribution is 2.51. The van der Waals surface area contributed by atoms with Gasteiger partial charge in [0.05, 0.1) is 17.5 Å². The van der Waals surface area contributed by atoms with E-state index in [9.17, 15) is 34.2 Å². The number of aromatic hydroxyl groups is 1. The number of amides is 1. The van der Waals surface area contributed by atoms with E-state index in [1.54, 1.807) is 20.2 Å². The Morgan fingerprint density at radius 2 is 1.83 bits per heavy atom. The van der Waals surface area contributed by atoms with Crippen molar-refractivity contribution in [2.75, 3.05) is 14.1 Å². The molecule has 0 radical (unpaired) electrons. The number of nitrogens with zero attached hydrogens (tertiary/aromatic N) is 1. The highest BCUT2D eigenvalue weighted by molar-refractivity contribution is 6.32. The number of carbonyl (C=O) groups excluding carboxylic acids is 5. The second-order valence-corrected chi connectivity index (χ2v) is 10.5. The number of ketones is 4. The summed E-state index contributed by atoms with van der Waals surface area (Å²) in [5.74, 6) is -10.4. The van der Waals surface area contributed by atoms with E-state index in [-0.39, 0.29) is 30.7 Å². The number of rotatable bonds is 6. The van der Waals surface area contributed by atoms with E-state index in [4.69, 9.17) is 11.5 Å². The first-order valence-corrected chi connectivity index (χ1v) is 12.3. The number of carbonyl (C=O) groups is 5. The van der Waals surface area contributed by atoms with Gasteiger partial charge in [-0.15, -0.1) is 0 Å². The number of unbranched alkanes of at least 4 members (excludes halogenated alkanes) is 1. The molecule has 1 aromatic rings. The lowest BCUT2D eigenvalue weighted by atomic mass is 9.52. The van der Waals surface area contributed by atoms with Crippen LogP contribution in [0.2, 0.25) is 0 Å². The molecule has 0 heterocycles. The van der Waals surface area contributed by atoms with Gasteiger partial charge in [0.2, 0.25) is 5.91 Å². The van der Waals surface area contributed by atoms with Crippen LogP contribution in [-0.2, 0) is 38.6 Å². The summed E-state index contributed by atoms with van der Waals surface area (Å²) < 4.78 is 0. The molecule has 0 saturated heterocycles. The van der Waals surface area contributed by atoms with Crippen LogP contribution in [0.4, 0.5) is 0 Å². The first-order chi connectivity index (χ1) is 16.9. The third kappa shape index (κ3) is 3.54. The van der Waals surface area contributed by atoms with E-state index in [1.165, 1.54) is 4.90 Å². The fraction of sp³-hybridized carbons (Fsp3) is 0.577. The van der Waals surface area contributed by atoms with Crippen molar-refractivity contribution in [3.63, 3.8) is 0 Å². The molecule has 4 rings (SSSR count). The highest BCUT2D eigenvalue weighted by atomic mass is 16.3. The molecule has 0 spiro atoms. The highest BCUT2D eigenvalue weighted by Gasteiger charge is 2.69. The Balaban J connectivity index is 1.88. The molecular formula is C26H33N3O7. The molecule has 0 aliphatic heterocycles. The van der Waals surface area contributed by atoms with Gasteiger partial charge in [0.1, 0.15) is 5.75 Å². The number of benzene rings is 1. The molecule has 6 atom stereocenters. The molecule has 194 valence electrons. The zero-order valence-corrected chi connectivity index (χ0v) is 20.7. The third-order valence-corrected chi connectivity index (χ3v) is 8.25. The molecule has 10 nitrogen and oxygen atoms in total. The standard InChI is InChI=1S/C26H33N3O7/c1-4-5-6-11-7-13(10-27)20(30)17-14(11)8-12-9-15-19(29(2)3)22(32)18(25(28)35)24(34)26(15,36)23(33)16(12)21(17)31/h7,12,15-16,18-19,30,36H,4-6,8-10,27H2,1-3H3,(H2,28,35)/t12-,15-,16?,18?,19-,26-/m0/s1. The average Bonchev–Trinajstić information content (AvgIpc) is 2.80. The van der Waals surface area contributed by atoms with Gasteiger partial charge in [-0.2, -0.15) is 0 Å². The summed E-state index contributed by atoms with van der Waals surface area (Å²) in [5, 5.41) is 22.5. The minimum Gasteiger partial charge on any atom is -0.507 e. The summed E-state index contributed by atoms with van der Waals surface area (Å²) >= 11 is 0. The predicted octanol–water partition coefficient (Wildman–Crippen LogP) is -0.332. The largest absolute Gasteiger partial charge is 0.507 e. The van der Waals surface area contributed by atoms with Crippen molar-refractivity contribution in [3.05, 3.63) is 28.3 Å². The normalized spacial score (nSPS) is 31.8. The van der Waals surface area contributed by atoms with Gasteiger partial charge in [0, 0.05) is 18.0 Å². The molecule has 0 bridgehead atoms. The molecule has 2 unspecified atom stereocenters. The molecule has 10 heteroatoms. The number of hydrogen-bond acceptors (Lipinski definition) is 9. The Morgan fingerprint density at radius 1 is 1.17 bits per heavy atom. The number of aryl methyl sites for hydroxylation is 1. The number of fused-ring (bicyclic) bond motifs is 3. The van der Waals surface area contributed by atoms with Crippen molar-refractivity contribution < 1.29 is 34.2 Å².